The van der Waals surface area contributed by atoms with Gasteiger partial charge in [0, 0.05) is 73.8 Å². The number of alkyl carbamates (subject to hydrolysis) is 1. The molecule has 0 saturated carbocycles. The number of hydrazine groups is 1. The van der Waals surface area contributed by atoms with Gasteiger partial charge in [-0.05, 0) is 102 Å². The number of esters is 1. The first-order valence-corrected chi connectivity index (χ1v) is 24.0. The number of methoxy groups -OCH3 is 1. The van der Waals surface area contributed by atoms with Gasteiger partial charge in [0.05, 0.1) is 92.2 Å². The highest BCUT2D eigenvalue weighted by atomic mass is 16.6. The van der Waals surface area contributed by atoms with Gasteiger partial charge in [-0.1, -0.05) is 13.8 Å². The van der Waals surface area contributed by atoms with Crippen LogP contribution >= 0.6 is 0 Å². The first-order chi connectivity index (χ1) is 32.8. The summed E-state index contributed by atoms with van der Waals surface area (Å²) in [5.41, 5.74) is 9.25. The van der Waals surface area contributed by atoms with E-state index < -0.39 is 47.4 Å². The molecule has 18 heteroatoms. The number of imide groups is 1. The lowest BCUT2D eigenvalue weighted by atomic mass is 9.84. The molecule has 3 N–H and O–H groups in total. The molecular formula is C51H68N8O10. The fourth-order valence-electron chi connectivity index (χ4n) is 9.69. The zero-order chi connectivity index (χ0) is 49.9. The summed E-state index contributed by atoms with van der Waals surface area (Å²) in [6.07, 6.45) is 0.142. The topological polar surface area (TPSA) is 211 Å². The second-order valence-corrected chi connectivity index (χ2v) is 19.1. The van der Waals surface area contributed by atoms with Crippen LogP contribution in [-0.2, 0) is 33.3 Å². The molecule has 0 aliphatic carbocycles. The number of nitrogens with one attached hydrogen (secondary N) is 3. The number of morpholine rings is 1. The maximum atomic E-state index is 15.4. The Morgan fingerprint density at radius 3 is 2.32 bits per heavy atom. The number of allylic oxidation sites excluding steroid dienone is 3. The number of amides is 4. The maximum Gasteiger partial charge on any atom is 0.407 e. The molecule has 8 bridgehead atoms. The molecule has 1 fully saturated rings. The molecule has 69 heavy (non-hydrogen) atoms. The molecule has 2 aromatic rings. The summed E-state index contributed by atoms with van der Waals surface area (Å²) in [6, 6.07) is 5.89. The number of aromatic amines is 2. The molecular weight excluding hydrogens is 885 g/mol. The van der Waals surface area contributed by atoms with Crippen molar-refractivity contribution in [1.29, 1.82) is 0 Å². The van der Waals surface area contributed by atoms with Crippen molar-refractivity contribution in [3.63, 3.8) is 0 Å². The van der Waals surface area contributed by atoms with Gasteiger partial charge in [-0.2, -0.15) is 5.01 Å². The van der Waals surface area contributed by atoms with Crippen LogP contribution in [0.1, 0.15) is 154 Å². The highest BCUT2D eigenvalue weighted by molar-refractivity contribution is 6.23. The van der Waals surface area contributed by atoms with Crippen LogP contribution in [0.2, 0.25) is 0 Å². The van der Waals surface area contributed by atoms with Crippen LogP contribution in [0.3, 0.4) is 0 Å². The number of aromatic nitrogens is 4. The third kappa shape index (κ3) is 10.9. The minimum absolute atomic E-state index is 0.0719. The standard InChI is InChI=1S/C51H68N8O10/c1-12-34-28(2)36-27-41-43(32(6)68-24-23-66-20-15-52-50(64)69-51(8,9)10)30(4)38(54-41)25-37-29(3)35(13-14-42(61)65-11)46(55-37)45-47-44(31(5)39(56-47)26-40(34)53-36)48(62)59(49(45)63)58(33(7)60)17-16-57-18-21-67-22-19-57/h25-27,29,32,35,55-56H,12-24H2,1-11H3,(H,52,64)/t29-,32?,35-/m0/s1. The Bertz CT molecular complexity index is 2630. The highest BCUT2D eigenvalue weighted by Gasteiger charge is 2.44. The predicted octanol–water partition coefficient (Wildman–Crippen LogP) is 7.10. The average Bonchev–Trinajstić information content (AvgIpc) is 3.98. The van der Waals surface area contributed by atoms with Crippen molar-refractivity contribution in [3.05, 3.63) is 69.1 Å². The van der Waals surface area contributed by atoms with E-state index in [1.54, 1.807) is 20.8 Å². The van der Waals surface area contributed by atoms with Gasteiger partial charge < -0.3 is 39.0 Å². The molecule has 18 nitrogen and oxygen atoms in total. The van der Waals surface area contributed by atoms with E-state index in [0.29, 0.717) is 91.7 Å². The van der Waals surface area contributed by atoms with E-state index >= 15 is 4.79 Å². The zero-order valence-electron chi connectivity index (χ0n) is 42.0. The van der Waals surface area contributed by atoms with E-state index in [-0.39, 0.29) is 49.8 Å². The molecule has 4 amide bonds. The van der Waals surface area contributed by atoms with E-state index in [1.165, 1.54) is 19.0 Å². The van der Waals surface area contributed by atoms with E-state index in [2.05, 4.69) is 27.1 Å². The van der Waals surface area contributed by atoms with Crippen molar-refractivity contribution in [3.8, 4) is 0 Å². The van der Waals surface area contributed by atoms with Crippen LogP contribution in [0.4, 0.5) is 4.79 Å². The number of hydrogen-bond donors (Lipinski definition) is 3. The third-order valence-corrected chi connectivity index (χ3v) is 13.4. The van der Waals surface area contributed by atoms with Crippen LogP contribution in [0, 0.1) is 6.92 Å². The first kappa shape index (κ1) is 50.9. The molecule has 0 spiro atoms. The van der Waals surface area contributed by atoms with Gasteiger partial charge in [-0.25, -0.2) is 19.8 Å². The third-order valence-electron chi connectivity index (χ3n) is 13.4. The number of aryl methyl sites for hydroxylation is 1. The molecule has 3 atom stereocenters. The van der Waals surface area contributed by atoms with Crippen LogP contribution in [-0.4, -0.2) is 149 Å². The van der Waals surface area contributed by atoms with E-state index in [4.69, 9.17) is 33.7 Å². The van der Waals surface area contributed by atoms with Gasteiger partial charge in [-0.15, -0.1) is 0 Å². The summed E-state index contributed by atoms with van der Waals surface area (Å²) in [4.78, 5) is 88.4. The fourth-order valence-corrected chi connectivity index (χ4v) is 9.69. The van der Waals surface area contributed by atoms with Crippen molar-refractivity contribution in [2.24, 2.45) is 0 Å². The Kier molecular flexibility index (Phi) is 15.8. The summed E-state index contributed by atoms with van der Waals surface area (Å²) in [5.74, 6) is -2.81. The molecule has 7 rings (SSSR count). The predicted molar refractivity (Wildman–Crippen MR) is 260 cm³/mol. The van der Waals surface area contributed by atoms with E-state index in [0.717, 1.165) is 38.7 Å². The van der Waals surface area contributed by atoms with Crippen LogP contribution in [0.15, 0.2) is 18.2 Å². The van der Waals surface area contributed by atoms with Crippen molar-refractivity contribution in [2.75, 3.05) is 72.9 Å². The second-order valence-electron chi connectivity index (χ2n) is 19.1. The van der Waals surface area contributed by atoms with Crippen molar-refractivity contribution >= 4 is 63.1 Å². The number of carbonyl (C=O) groups is 5. The SMILES string of the molecule is CCC1=C(C)c2cc3nc(cc4[nH]c(c5c6[nH]c(cc1n2)c(C)c6C(=O)N(N(CCN1CCOCC1)C(C)=O)C5=O)[C@@H](CCC(=O)OC)[C@@H]4C)C(C)=C3C(C)OCCOCCNC(=O)OC(C)(C)C. The molecule has 7 heterocycles. The number of nitrogens with zero attached hydrogens (tertiary/aromatic N) is 5. The Morgan fingerprint density at radius 1 is 0.942 bits per heavy atom. The minimum atomic E-state index is -0.660. The van der Waals surface area contributed by atoms with Crippen molar-refractivity contribution in [2.45, 2.75) is 112 Å². The normalized spacial score (nSPS) is 18.4. The quantitative estimate of drug-likeness (QED) is 0.0873. The summed E-state index contributed by atoms with van der Waals surface area (Å²) >= 11 is 0. The summed E-state index contributed by atoms with van der Waals surface area (Å²) in [7, 11) is 1.35. The Balaban J connectivity index is 1.36. The number of carbonyl (C=O) groups excluding carboxylic acids is 5. The Hall–Kier alpha value is -5.95. The molecule has 2 aromatic heterocycles. The van der Waals surface area contributed by atoms with E-state index in [9.17, 15) is 19.2 Å². The molecule has 372 valence electrons. The lowest BCUT2D eigenvalue weighted by Crippen LogP contribution is -2.56. The molecule has 1 saturated heterocycles. The lowest BCUT2D eigenvalue weighted by Gasteiger charge is -2.37. The number of H-pyrrole nitrogens is 2. The van der Waals surface area contributed by atoms with Crippen molar-refractivity contribution < 1.29 is 47.7 Å². The van der Waals surface area contributed by atoms with Crippen LogP contribution in [0.5, 0.6) is 0 Å². The maximum absolute atomic E-state index is 15.4. The van der Waals surface area contributed by atoms with Crippen LogP contribution < -0.4 is 5.32 Å². The van der Waals surface area contributed by atoms with Gasteiger partial charge >= 0.3 is 12.1 Å². The van der Waals surface area contributed by atoms with E-state index in [1.807, 2.05) is 52.8 Å². The molecule has 5 aliphatic heterocycles. The smallest absolute Gasteiger partial charge is 0.407 e. The fraction of sp³-hybridized carbons (Fsp3) is 0.549. The highest BCUT2D eigenvalue weighted by Crippen LogP contribution is 2.45. The number of hydrogen-bond acceptors (Lipinski definition) is 13. The molecule has 0 radical (unpaired) electrons. The van der Waals surface area contributed by atoms with Gasteiger partial charge in [0.25, 0.3) is 11.8 Å². The van der Waals surface area contributed by atoms with Gasteiger partial charge in [-0.3, -0.25) is 24.1 Å². The Morgan fingerprint density at radius 2 is 1.64 bits per heavy atom. The van der Waals surface area contributed by atoms with Crippen molar-refractivity contribution in [1.82, 2.24) is 40.2 Å². The Labute approximate surface area is 403 Å². The minimum Gasteiger partial charge on any atom is -0.469 e. The molecule has 0 aromatic carbocycles. The zero-order valence-corrected chi connectivity index (χ0v) is 42.0. The summed E-state index contributed by atoms with van der Waals surface area (Å²) in [5, 5.41) is 4.95. The van der Waals surface area contributed by atoms with Crippen LogP contribution in [0.25, 0.3) is 33.3 Å². The number of fused-ring (bicyclic) bond motifs is 8. The largest absolute Gasteiger partial charge is 0.469 e. The average molecular weight is 953 g/mol. The summed E-state index contributed by atoms with van der Waals surface area (Å²) in [6.45, 7) is 22.8. The monoisotopic (exact) mass is 953 g/mol. The number of ether oxygens (including phenoxy) is 5. The first-order valence-electron chi connectivity index (χ1n) is 24.0. The summed E-state index contributed by atoms with van der Waals surface area (Å²) < 4.78 is 28.1. The molecule has 1 unspecified atom stereocenters. The van der Waals surface area contributed by atoms with Gasteiger partial charge in [0.2, 0.25) is 5.91 Å². The number of rotatable bonds is 16. The lowest BCUT2D eigenvalue weighted by molar-refractivity contribution is -0.141. The molecule has 5 aliphatic rings. The van der Waals surface area contributed by atoms with Gasteiger partial charge in [0.1, 0.15) is 5.60 Å². The van der Waals surface area contributed by atoms with Gasteiger partial charge in [0.15, 0.2) is 0 Å². The second kappa shape index (κ2) is 21.4.